The number of ether oxygens (including phenoxy) is 1. The summed E-state index contributed by atoms with van der Waals surface area (Å²) in [6.07, 6.45) is 0.691. The molecular weight excluding hydrogens is 144 g/mol. The van der Waals surface area contributed by atoms with Gasteiger partial charge in [-0.1, -0.05) is 0 Å². The normalized spacial score (nSPS) is 10.3. The van der Waals surface area contributed by atoms with Gasteiger partial charge in [-0.3, -0.25) is 5.10 Å². The molecule has 0 aromatic carbocycles. The number of nitrogens with zero attached hydrogens (tertiary/aromatic N) is 1. The molecule has 1 rings (SSSR count). The number of nitrogen functional groups attached to an aromatic ring is 2. The number of nitrogens with two attached hydrogens (primary N) is 2. The average molecular weight is 156 g/mol. The van der Waals surface area contributed by atoms with Crippen LogP contribution in [0.4, 0.5) is 11.5 Å². The highest BCUT2D eigenvalue weighted by Gasteiger charge is 2.05. The Morgan fingerprint density at radius 2 is 2.27 bits per heavy atom. The minimum Gasteiger partial charge on any atom is -0.394 e. The van der Waals surface area contributed by atoms with Gasteiger partial charge < -0.3 is 16.2 Å². The molecule has 0 amide bonds. The molecule has 0 aliphatic carbocycles. The summed E-state index contributed by atoms with van der Waals surface area (Å²) in [4.78, 5) is 0. The van der Waals surface area contributed by atoms with Crippen molar-refractivity contribution < 1.29 is 4.74 Å². The van der Waals surface area contributed by atoms with Crippen molar-refractivity contribution >= 4 is 11.5 Å². The molecule has 1 aromatic rings. The zero-order valence-corrected chi connectivity index (χ0v) is 6.42. The lowest BCUT2D eigenvalue weighted by Crippen LogP contribution is -1.99. The van der Waals surface area contributed by atoms with Crippen LogP contribution in [0.25, 0.3) is 0 Å². The maximum atomic E-state index is 5.57. The van der Waals surface area contributed by atoms with Gasteiger partial charge in [0.15, 0.2) is 0 Å². The Labute approximate surface area is 64.7 Å². The summed E-state index contributed by atoms with van der Waals surface area (Å²) in [5.74, 6) is 0.427. The number of rotatable bonds is 3. The zero-order chi connectivity index (χ0) is 8.27. The third kappa shape index (κ3) is 1.62. The van der Waals surface area contributed by atoms with E-state index >= 15 is 0 Å². The molecule has 0 aliphatic heterocycles. The van der Waals surface area contributed by atoms with Crippen molar-refractivity contribution in [3.63, 3.8) is 0 Å². The van der Waals surface area contributed by atoms with E-state index < -0.39 is 0 Å². The van der Waals surface area contributed by atoms with Crippen molar-refractivity contribution in [1.29, 1.82) is 0 Å². The molecule has 0 atom stereocenters. The Morgan fingerprint density at radius 3 is 2.73 bits per heavy atom. The molecule has 62 valence electrons. The average Bonchev–Trinajstić information content (AvgIpc) is 2.31. The quantitative estimate of drug-likeness (QED) is 0.563. The van der Waals surface area contributed by atoms with Crippen molar-refractivity contribution in [2.24, 2.45) is 0 Å². The molecule has 0 radical (unpaired) electrons. The van der Waals surface area contributed by atoms with Gasteiger partial charge in [-0.15, -0.1) is 0 Å². The summed E-state index contributed by atoms with van der Waals surface area (Å²) in [7, 11) is 1.63. The maximum absolute atomic E-state index is 5.57. The first-order valence-electron chi connectivity index (χ1n) is 3.33. The summed E-state index contributed by atoms with van der Waals surface area (Å²) in [6.45, 7) is 0.606. The summed E-state index contributed by atoms with van der Waals surface area (Å²) in [5, 5.41) is 6.49. The molecule has 0 unspecified atom stereocenters. The van der Waals surface area contributed by atoms with E-state index in [0.717, 1.165) is 5.69 Å². The lowest BCUT2D eigenvalue weighted by atomic mass is 10.3. The molecule has 0 bridgehead atoms. The second kappa shape index (κ2) is 3.25. The maximum Gasteiger partial charge on any atom is 0.142 e. The van der Waals surface area contributed by atoms with E-state index in [1.807, 2.05) is 0 Å². The fourth-order valence-electron chi connectivity index (χ4n) is 0.793. The van der Waals surface area contributed by atoms with Gasteiger partial charge in [-0.2, -0.15) is 5.10 Å². The standard InChI is InChI=1S/C6H12N4O/c1-11-3-2-4-5(7)6(8)10-9-4/h2-3,7H2,1H3,(H3,8,9,10). The number of H-pyrrole nitrogens is 1. The number of nitrogens with one attached hydrogen (secondary N) is 1. The molecule has 5 N–H and O–H groups in total. The number of methoxy groups -OCH3 is 1. The summed E-state index contributed by atoms with van der Waals surface area (Å²) < 4.78 is 4.86. The van der Waals surface area contributed by atoms with E-state index in [1.165, 1.54) is 0 Å². The number of aromatic amines is 1. The van der Waals surface area contributed by atoms with Crippen LogP contribution in [0, 0.1) is 0 Å². The number of anilines is 2. The van der Waals surface area contributed by atoms with Crippen molar-refractivity contribution in [3.05, 3.63) is 5.69 Å². The smallest absolute Gasteiger partial charge is 0.142 e. The monoisotopic (exact) mass is 156 g/mol. The van der Waals surface area contributed by atoms with Crippen LogP contribution in [0.5, 0.6) is 0 Å². The third-order valence-electron chi connectivity index (χ3n) is 1.46. The molecular formula is C6H12N4O. The summed E-state index contributed by atoms with van der Waals surface area (Å²) >= 11 is 0. The molecule has 0 fully saturated rings. The number of aromatic nitrogens is 2. The largest absolute Gasteiger partial charge is 0.394 e. The van der Waals surface area contributed by atoms with Gasteiger partial charge in [0.25, 0.3) is 0 Å². The van der Waals surface area contributed by atoms with E-state index in [9.17, 15) is 0 Å². The summed E-state index contributed by atoms with van der Waals surface area (Å²) in [5.41, 5.74) is 12.3. The van der Waals surface area contributed by atoms with Crippen LogP contribution in [-0.2, 0) is 11.2 Å². The fourth-order valence-corrected chi connectivity index (χ4v) is 0.793. The lowest BCUT2D eigenvalue weighted by molar-refractivity contribution is 0.201. The van der Waals surface area contributed by atoms with Crippen molar-refractivity contribution in [3.8, 4) is 0 Å². The van der Waals surface area contributed by atoms with Crippen LogP contribution < -0.4 is 11.5 Å². The summed E-state index contributed by atoms with van der Waals surface area (Å²) in [6, 6.07) is 0. The van der Waals surface area contributed by atoms with Gasteiger partial charge in [-0.25, -0.2) is 0 Å². The molecule has 0 saturated carbocycles. The van der Waals surface area contributed by atoms with Crippen LogP contribution in [0.2, 0.25) is 0 Å². The predicted octanol–water partition coefficient (Wildman–Crippen LogP) is -0.237. The molecule has 11 heavy (non-hydrogen) atoms. The minimum atomic E-state index is 0.427. The number of hydrogen-bond donors (Lipinski definition) is 3. The van der Waals surface area contributed by atoms with Crippen LogP contribution >= 0.6 is 0 Å². The first kappa shape index (κ1) is 7.87. The van der Waals surface area contributed by atoms with Crippen LogP contribution in [0.15, 0.2) is 0 Å². The highest BCUT2D eigenvalue weighted by molar-refractivity contribution is 5.61. The van der Waals surface area contributed by atoms with Crippen molar-refractivity contribution in [2.75, 3.05) is 25.2 Å². The molecule has 0 aliphatic rings. The van der Waals surface area contributed by atoms with Gasteiger partial charge >= 0.3 is 0 Å². The van der Waals surface area contributed by atoms with Crippen molar-refractivity contribution in [2.45, 2.75) is 6.42 Å². The van der Waals surface area contributed by atoms with E-state index in [4.69, 9.17) is 16.2 Å². The Morgan fingerprint density at radius 1 is 1.55 bits per heavy atom. The molecule has 1 aromatic heterocycles. The van der Waals surface area contributed by atoms with Gasteiger partial charge in [0.2, 0.25) is 0 Å². The van der Waals surface area contributed by atoms with Gasteiger partial charge in [0, 0.05) is 13.5 Å². The van der Waals surface area contributed by atoms with Crippen molar-refractivity contribution in [1.82, 2.24) is 10.2 Å². The molecule has 5 heteroatoms. The lowest BCUT2D eigenvalue weighted by Gasteiger charge is -1.95. The van der Waals surface area contributed by atoms with Crippen LogP contribution in [-0.4, -0.2) is 23.9 Å². The Balaban J connectivity index is 2.63. The van der Waals surface area contributed by atoms with Crippen LogP contribution in [0.3, 0.4) is 0 Å². The van der Waals surface area contributed by atoms with Gasteiger partial charge in [0.1, 0.15) is 5.82 Å². The minimum absolute atomic E-state index is 0.427. The van der Waals surface area contributed by atoms with Gasteiger partial charge in [0.05, 0.1) is 18.0 Å². The predicted molar refractivity (Wildman–Crippen MR) is 43.0 cm³/mol. The van der Waals surface area contributed by atoms with E-state index in [-0.39, 0.29) is 0 Å². The molecule has 1 heterocycles. The first-order chi connectivity index (χ1) is 5.25. The molecule has 0 spiro atoms. The third-order valence-corrected chi connectivity index (χ3v) is 1.46. The highest BCUT2D eigenvalue weighted by Crippen LogP contribution is 2.15. The number of hydrogen-bond acceptors (Lipinski definition) is 4. The Bertz CT molecular complexity index is 232. The second-order valence-electron chi connectivity index (χ2n) is 2.24. The Kier molecular flexibility index (Phi) is 2.32. The highest BCUT2D eigenvalue weighted by atomic mass is 16.5. The molecule has 0 saturated heterocycles. The molecule has 5 nitrogen and oxygen atoms in total. The van der Waals surface area contributed by atoms with E-state index in [1.54, 1.807) is 7.11 Å². The topological polar surface area (TPSA) is 89.9 Å². The van der Waals surface area contributed by atoms with Crippen LogP contribution in [0.1, 0.15) is 5.69 Å². The van der Waals surface area contributed by atoms with Gasteiger partial charge in [-0.05, 0) is 0 Å². The van der Waals surface area contributed by atoms with E-state index in [2.05, 4.69) is 10.2 Å². The first-order valence-corrected chi connectivity index (χ1v) is 3.33. The zero-order valence-electron chi connectivity index (χ0n) is 6.42. The second-order valence-corrected chi connectivity index (χ2v) is 2.24. The van der Waals surface area contributed by atoms with E-state index in [0.29, 0.717) is 24.5 Å². The fraction of sp³-hybridized carbons (Fsp3) is 0.500. The Hall–Kier alpha value is -1.23. The SMILES string of the molecule is COCCc1n[nH]c(N)c1N.